The van der Waals surface area contributed by atoms with E-state index in [-0.39, 0.29) is 35.4 Å². The van der Waals surface area contributed by atoms with Crippen LogP contribution in [0.1, 0.15) is 83.1 Å². The van der Waals surface area contributed by atoms with Crippen molar-refractivity contribution < 1.29 is 14.3 Å². The van der Waals surface area contributed by atoms with Crippen molar-refractivity contribution in [2.24, 2.45) is 0 Å². The number of benzene rings is 1. The van der Waals surface area contributed by atoms with E-state index in [1.807, 2.05) is 6.07 Å². The molecule has 3 N–H and O–H groups in total. The summed E-state index contributed by atoms with van der Waals surface area (Å²) in [4.78, 5) is 24.9. The van der Waals surface area contributed by atoms with Crippen LogP contribution >= 0.6 is 0 Å². The molecule has 30 heavy (non-hydrogen) atoms. The lowest BCUT2D eigenvalue weighted by Crippen LogP contribution is -2.49. The number of carbonyl (C=O) groups excluding carboxylic acids is 2. The van der Waals surface area contributed by atoms with Crippen molar-refractivity contribution in [2.45, 2.75) is 90.3 Å². The Hall–Kier alpha value is -2.08. The smallest absolute Gasteiger partial charge is 0.251 e. The fraction of sp³-hybridized carbons (Fsp3) is 0.667. The summed E-state index contributed by atoms with van der Waals surface area (Å²) >= 11 is 0. The number of hydrogen-bond donors (Lipinski definition) is 3. The molecule has 0 radical (unpaired) electrons. The van der Waals surface area contributed by atoms with Gasteiger partial charge in [0.15, 0.2) is 0 Å². The Balaban J connectivity index is 1.83. The van der Waals surface area contributed by atoms with Gasteiger partial charge in [-0.3, -0.25) is 9.59 Å². The number of rotatable bonds is 6. The zero-order valence-electron chi connectivity index (χ0n) is 19.6. The molecule has 168 valence electrons. The van der Waals surface area contributed by atoms with Crippen LogP contribution in [0.2, 0.25) is 0 Å². The van der Waals surface area contributed by atoms with Crippen molar-refractivity contribution in [2.75, 3.05) is 13.7 Å². The van der Waals surface area contributed by atoms with Crippen LogP contribution in [-0.4, -0.2) is 43.1 Å². The van der Waals surface area contributed by atoms with Gasteiger partial charge < -0.3 is 20.7 Å². The molecule has 0 bridgehead atoms. The fourth-order valence-corrected chi connectivity index (χ4v) is 3.97. The molecule has 6 nitrogen and oxygen atoms in total. The molecular weight excluding hydrogens is 378 g/mol. The maximum Gasteiger partial charge on any atom is 0.251 e. The molecule has 2 rings (SSSR count). The number of carbonyl (C=O) groups is 2. The second-order valence-corrected chi connectivity index (χ2v) is 10.4. The molecule has 0 heterocycles. The first-order chi connectivity index (χ1) is 13.9. The molecule has 6 heteroatoms. The molecule has 1 fully saturated rings. The monoisotopic (exact) mass is 417 g/mol. The third kappa shape index (κ3) is 7.31. The van der Waals surface area contributed by atoms with Crippen LogP contribution in [0.25, 0.3) is 0 Å². The standard InChI is InChI=1S/C24H39N3O3/c1-23(2,3)19-14-16(8-13-20(19)30-7)22(29)25-15-21(28)26-17-9-11-18(12-10-17)27-24(4,5)6/h8,13-14,17-18,27H,9-12,15H2,1-7H3,(H,25,29)(H,26,28). The lowest BCUT2D eigenvalue weighted by Gasteiger charge is -2.34. The highest BCUT2D eigenvalue weighted by molar-refractivity contribution is 5.96. The molecule has 0 aliphatic heterocycles. The van der Waals surface area contributed by atoms with Crippen LogP contribution in [-0.2, 0) is 10.2 Å². The van der Waals surface area contributed by atoms with Gasteiger partial charge in [-0.05, 0) is 70.1 Å². The van der Waals surface area contributed by atoms with Gasteiger partial charge in [0.05, 0.1) is 13.7 Å². The zero-order chi connectivity index (χ0) is 22.5. The Morgan fingerprint density at radius 1 is 1.00 bits per heavy atom. The van der Waals surface area contributed by atoms with Gasteiger partial charge >= 0.3 is 0 Å². The first kappa shape index (κ1) is 24.2. The molecule has 1 aromatic carbocycles. The Labute approximate surface area is 181 Å². The van der Waals surface area contributed by atoms with Crippen LogP contribution in [0.5, 0.6) is 5.75 Å². The number of ether oxygens (including phenoxy) is 1. The summed E-state index contributed by atoms with van der Waals surface area (Å²) in [6.07, 6.45) is 4.02. The number of hydrogen-bond acceptors (Lipinski definition) is 4. The van der Waals surface area contributed by atoms with Crippen molar-refractivity contribution >= 4 is 11.8 Å². The topological polar surface area (TPSA) is 79.5 Å². The van der Waals surface area contributed by atoms with Gasteiger partial charge in [0.25, 0.3) is 5.91 Å². The van der Waals surface area contributed by atoms with Crippen LogP contribution in [0, 0.1) is 0 Å². The minimum Gasteiger partial charge on any atom is -0.496 e. The van der Waals surface area contributed by atoms with E-state index in [4.69, 9.17) is 4.74 Å². The van der Waals surface area contributed by atoms with E-state index in [2.05, 4.69) is 57.5 Å². The van der Waals surface area contributed by atoms with Crippen LogP contribution < -0.4 is 20.7 Å². The molecule has 0 saturated heterocycles. The Morgan fingerprint density at radius 3 is 2.13 bits per heavy atom. The lowest BCUT2D eigenvalue weighted by atomic mass is 9.85. The van der Waals surface area contributed by atoms with Crippen LogP contribution in [0.3, 0.4) is 0 Å². The van der Waals surface area contributed by atoms with E-state index in [0.717, 1.165) is 37.0 Å². The van der Waals surface area contributed by atoms with E-state index < -0.39 is 0 Å². The molecule has 1 saturated carbocycles. The van der Waals surface area contributed by atoms with Crippen molar-refractivity contribution in [3.8, 4) is 5.75 Å². The Bertz CT molecular complexity index is 739. The molecule has 2 amide bonds. The summed E-state index contributed by atoms with van der Waals surface area (Å²) in [6, 6.07) is 6.06. The molecule has 1 aliphatic carbocycles. The third-order valence-electron chi connectivity index (χ3n) is 5.41. The Morgan fingerprint density at radius 2 is 1.60 bits per heavy atom. The molecule has 0 spiro atoms. The summed E-state index contributed by atoms with van der Waals surface area (Å²) in [6.45, 7) is 12.7. The van der Waals surface area contributed by atoms with Crippen LogP contribution in [0.4, 0.5) is 0 Å². The molecule has 1 aromatic rings. The van der Waals surface area contributed by atoms with Crippen molar-refractivity contribution in [1.82, 2.24) is 16.0 Å². The predicted octanol–water partition coefficient (Wildman–Crippen LogP) is 3.54. The van der Waals surface area contributed by atoms with Gasteiger partial charge in [-0.2, -0.15) is 0 Å². The highest BCUT2D eigenvalue weighted by atomic mass is 16.5. The van der Waals surface area contributed by atoms with Gasteiger partial charge in [-0.1, -0.05) is 20.8 Å². The minimum absolute atomic E-state index is 0.0180. The average molecular weight is 418 g/mol. The Kier molecular flexibility index (Phi) is 7.92. The number of methoxy groups -OCH3 is 1. The van der Waals surface area contributed by atoms with Crippen molar-refractivity contribution in [1.29, 1.82) is 0 Å². The maximum absolute atomic E-state index is 12.6. The van der Waals surface area contributed by atoms with E-state index >= 15 is 0 Å². The van der Waals surface area contributed by atoms with E-state index in [1.54, 1.807) is 19.2 Å². The van der Waals surface area contributed by atoms with Gasteiger partial charge in [0, 0.05) is 28.7 Å². The largest absolute Gasteiger partial charge is 0.496 e. The van der Waals surface area contributed by atoms with Crippen molar-refractivity contribution in [3.63, 3.8) is 0 Å². The third-order valence-corrected chi connectivity index (χ3v) is 5.41. The first-order valence-electron chi connectivity index (χ1n) is 10.9. The molecular formula is C24H39N3O3. The predicted molar refractivity (Wildman–Crippen MR) is 121 cm³/mol. The molecule has 1 aliphatic rings. The minimum atomic E-state index is -0.253. The second kappa shape index (κ2) is 9.82. The zero-order valence-corrected chi connectivity index (χ0v) is 19.6. The lowest BCUT2D eigenvalue weighted by molar-refractivity contribution is -0.121. The summed E-state index contributed by atoms with van der Waals surface area (Å²) in [5.74, 6) is 0.366. The second-order valence-electron chi connectivity index (χ2n) is 10.4. The molecule has 0 unspecified atom stereocenters. The fourth-order valence-electron chi connectivity index (χ4n) is 3.97. The van der Waals surface area contributed by atoms with Gasteiger partial charge in [0.2, 0.25) is 5.91 Å². The average Bonchev–Trinajstić information content (AvgIpc) is 2.65. The van der Waals surface area contributed by atoms with Gasteiger partial charge in [-0.25, -0.2) is 0 Å². The molecule has 0 atom stereocenters. The highest BCUT2D eigenvalue weighted by Gasteiger charge is 2.25. The van der Waals surface area contributed by atoms with E-state index in [1.165, 1.54) is 0 Å². The summed E-state index contributed by atoms with van der Waals surface area (Å²) in [5, 5.41) is 9.44. The normalized spacial score (nSPS) is 19.8. The first-order valence-corrected chi connectivity index (χ1v) is 10.9. The van der Waals surface area contributed by atoms with Crippen molar-refractivity contribution in [3.05, 3.63) is 29.3 Å². The van der Waals surface area contributed by atoms with Gasteiger partial charge in [-0.15, -0.1) is 0 Å². The summed E-state index contributed by atoms with van der Waals surface area (Å²) in [7, 11) is 1.63. The SMILES string of the molecule is COc1ccc(C(=O)NCC(=O)NC2CCC(NC(C)(C)C)CC2)cc1C(C)(C)C. The van der Waals surface area contributed by atoms with Crippen LogP contribution in [0.15, 0.2) is 18.2 Å². The highest BCUT2D eigenvalue weighted by Crippen LogP contribution is 2.32. The maximum atomic E-state index is 12.6. The summed E-state index contributed by atoms with van der Waals surface area (Å²) in [5.41, 5.74) is 1.45. The number of nitrogens with one attached hydrogen (secondary N) is 3. The van der Waals surface area contributed by atoms with E-state index in [9.17, 15) is 9.59 Å². The number of amides is 2. The quantitative estimate of drug-likeness (QED) is 0.661. The molecule has 0 aromatic heterocycles. The van der Waals surface area contributed by atoms with E-state index in [0.29, 0.717) is 11.6 Å². The summed E-state index contributed by atoms with van der Waals surface area (Å²) < 4.78 is 5.42. The van der Waals surface area contributed by atoms with Gasteiger partial charge in [0.1, 0.15) is 5.75 Å².